The van der Waals surface area contributed by atoms with Crippen LogP contribution in [0.1, 0.15) is 6.42 Å². The Morgan fingerprint density at radius 1 is 0.957 bits per heavy atom. The number of hydrogen-bond acceptors (Lipinski definition) is 5. The van der Waals surface area contributed by atoms with E-state index in [-0.39, 0.29) is 0 Å². The molecule has 5 nitrogen and oxygen atoms in total. The Morgan fingerprint density at radius 3 is 2.48 bits per heavy atom. The van der Waals surface area contributed by atoms with E-state index in [4.69, 9.17) is 25.5 Å². The van der Waals surface area contributed by atoms with Gasteiger partial charge in [-0.3, -0.25) is 0 Å². The highest BCUT2D eigenvalue weighted by atomic mass is 35.5. The summed E-state index contributed by atoms with van der Waals surface area (Å²) in [6.07, 6.45) is 2.07. The maximum atomic E-state index is 5.82. The fourth-order valence-electron chi connectivity index (χ4n) is 1.99. The minimum atomic E-state index is 0.474. The molecule has 2 aromatic carbocycles. The van der Waals surface area contributed by atoms with Crippen molar-refractivity contribution in [3.63, 3.8) is 0 Å². The average molecular weight is 331 g/mol. The zero-order chi connectivity index (χ0) is 15.9. The first-order valence-corrected chi connectivity index (χ1v) is 7.57. The van der Waals surface area contributed by atoms with Crippen LogP contribution in [-0.4, -0.2) is 23.4 Å². The number of rotatable bonds is 7. The van der Waals surface area contributed by atoms with E-state index in [2.05, 4.69) is 10.2 Å². The summed E-state index contributed by atoms with van der Waals surface area (Å²) in [5.74, 6) is 2.03. The van der Waals surface area contributed by atoms with Gasteiger partial charge in [-0.05, 0) is 42.5 Å². The number of aromatic nitrogens is 2. The van der Waals surface area contributed by atoms with Crippen LogP contribution in [-0.2, 0) is 0 Å². The molecule has 1 aromatic heterocycles. The van der Waals surface area contributed by atoms with Crippen molar-refractivity contribution in [2.45, 2.75) is 6.42 Å². The Balaban J connectivity index is 1.44. The highest BCUT2D eigenvalue weighted by Gasteiger charge is 2.04. The third-order valence-electron chi connectivity index (χ3n) is 3.08. The predicted molar refractivity (Wildman–Crippen MR) is 86.8 cm³/mol. The third kappa shape index (κ3) is 4.47. The van der Waals surface area contributed by atoms with Gasteiger partial charge in [-0.2, -0.15) is 0 Å². The van der Waals surface area contributed by atoms with E-state index in [0.29, 0.717) is 24.1 Å². The van der Waals surface area contributed by atoms with Crippen molar-refractivity contribution in [1.29, 1.82) is 0 Å². The summed E-state index contributed by atoms with van der Waals surface area (Å²) in [6.45, 7) is 1.13. The second kappa shape index (κ2) is 7.65. The Bertz CT molecular complexity index is 730. The van der Waals surface area contributed by atoms with Crippen LogP contribution in [0.3, 0.4) is 0 Å². The Morgan fingerprint density at radius 2 is 1.74 bits per heavy atom. The molecule has 0 spiro atoms. The van der Waals surface area contributed by atoms with Gasteiger partial charge < -0.3 is 13.9 Å². The molecule has 0 aliphatic rings. The Hall–Kier alpha value is -2.53. The van der Waals surface area contributed by atoms with Crippen molar-refractivity contribution >= 4 is 11.6 Å². The first-order chi connectivity index (χ1) is 11.3. The summed E-state index contributed by atoms with van der Waals surface area (Å²) in [7, 11) is 0. The summed E-state index contributed by atoms with van der Waals surface area (Å²) in [4.78, 5) is 0. The third-order valence-corrected chi connectivity index (χ3v) is 3.33. The van der Waals surface area contributed by atoms with Crippen molar-refractivity contribution in [2.75, 3.05) is 13.2 Å². The lowest BCUT2D eigenvalue weighted by Crippen LogP contribution is -2.05. The minimum absolute atomic E-state index is 0.474. The topological polar surface area (TPSA) is 57.4 Å². The number of nitrogens with zero attached hydrogens (tertiary/aromatic N) is 2. The van der Waals surface area contributed by atoms with Gasteiger partial charge in [0.1, 0.15) is 11.5 Å². The largest absolute Gasteiger partial charge is 0.493 e. The Kier molecular flexibility index (Phi) is 5.11. The highest BCUT2D eigenvalue weighted by Crippen LogP contribution is 2.22. The first kappa shape index (κ1) is 15.4. The maximum absolute atomic E-state index is 5.82. The van der Waals surface area contributed by atoms with E-state index in [1.807, 2.05) is 36.4 Å². The lowest BCUT2D eigenvalue weighted by molar-refractivity contribution is 0.247. The standard InChI is InChI=1S/C17H15ClN2O3/c18-14-5-7-15(8-6-14)21-9-2-10-22-16-4-1-3-13(11-16)17-20-19-12-23-17/h1,3-8,11-12H,2,9-10H2. The molecule has 0 bridgehead atoms. The smallest absolute Gasteiger partial charge is 0.247 e. The molecule has 1 heterocycles. The van der Waals surface area contributed by atoms with Gasteiger partial charge in [0.15, 0.2) is 0 Å². The van der Waals surface area contributed by atoms with E-state index in [0.717, 1.165) is 23.5 Å². The van der Waals surface area contributed by atoms with Crippen LogP contribution in [0.2, 0.25) is 5.02 Å². The highest BCUT2D eigenvalue weighted by molar-refractivity contribution is 6.30. The van der Waals surface area contributed by atoms with Crippen molar-refractivity contribution < 1.29 is 13.9 Å². The molecule has 23 heavy (non-hydrogen) atoms. The van der Waals surface area contributed by atoms with Crippen molar-refractivity contribution in [3.8, 4) is 23.0 Å². The maximum Gasteiger partial charge on any atom is 0.247 e. The molecule has 3 rings (SSSR count). The lowest BCUT2D eigenvalue weighted by Gasteiger charge is -2.08. The lowest BCUT2D eigenvalue weighted by atomic mass is 10.2. The van der Waals surface area contributed by atoms with E-state index < -0.39 is 0 Å². The number of ether oxygens (including phenoxy) is 2. The van der Waals surface area contributed by atoms with E-state index in [1.165, 1.54) is 6.39 Å². The molecule has 118 valence electrons. The van der Waals surface area contributed by atoms with Crippen molar-refractivity contribution in [1.82, 2.24) is 10.2 Å². The fraction of sp³-hybridized carbons (Fsp3) is 0.176. The number of benzene rings is 2. The Labute approximate surface area is 138 Å². The molecular weight excluding hydrogens is 316 g/mol. The molecule has 0 saturated heterocycles. The van der Waals surface area contributed by atoms with Crippen LogP contribution in [0.5, 0.6) is 11.5 Å². The van der Waals surface area contributed by atoms with Gasteiger partial charge in [0.05, 0.1) is 13.2 Å². The summed E-state index contributed by atoms with van der Waals surface area (Å²) in [6, 6.07) is 14.8. The molecule has 3 aromatic rings. The normalized spacial score (nSPS) is 10.5. The SMILES string of the molecule is Clc1ccc(OCCCOc2cccc(-c3nnco3)c2)cc1. The number of hydrogen-bond donors (Lipinski definition) is 0. The monoisotopic (exact) mass is 330 g/mol. The van der Waals surface area contributed by atoms with Gasteiger partial charge in [-0.15, -0.1) is 10.2 Å². The number of halogens is 1. The molecular formula is C17H15ClN2O3. The molecule has 0 aliphatic carbocycles. The molecule has 0 radical (unpaired) electrons. The predicted octanol–water partition coefficient (Wildman–Crippen LogP) is 4.24. The van der Waals surface area contributed by atoms with Gasteiger partial charge in [-0.25, -0.2) is 0 Å². The molecule has 6 heteroatoms. The van der Waals surface area contributed by atoms with Gasteiger partial charge in [0.2, 0.25) is 12.3 Å². The van der Waals surface area contributed by atoms with Gasteiger partial charge in [-0.1, -0.05) is 17.7 Å². The zero-order valence-corrected chi connectivity index (χ0v) is 13.1. The molecule has 0 saturated carbocycles. The molecule has 0 aliphatic heterocycles. The van der Waals surface area contributed by atoms with E-state index >= 15 is 0 Å². The quantitative estimate of drug-likeness (QED) is 0.606. The zero-order valence-electron chi connectivity index (χ0n) is 12.3. The van der Waals surface area contributed by atoms with E-state index in [1.54, 1.807) is 12.1 Å². The van der Waals surface area contributed by atoms with Crippen molar-refractivity contribution in [2.24, 2.45) is 0 Å². The molecule has 0 amide bonds. The van der Waals surface area contributed by atoms with Gasteiger partial charge >= 0.3 is 0 Å². The first-order valence-electron chi connectivity index (χ1n) is 7.19. The summed E-state index contributed by atoms with van der Waals surface area (Å²) in [5.41, 5.74) is 0.831. The molecule has 0 atom stereocenters. The van der Waals surface area contributed by atoms with Crippen LogP contribution >= 0.6 is 11.6 Å². The minimum Gasteiger partial charge on any atom is -0.493 e. The van der Waals surface area contributed by atoms with Crippen LogP contribution in [0.25, 0.3) is 11.5 Å². The van der Waals surface area contributed by atoms with Gasteiger partial charge in [0, 0.05) is 17.0 Å². The summed E-state index contributed by atoms with van der Waals surface area (Å²) < 4.78 is 16.5. The second-order valence-electron chi connectivity index (χ2n) is 4.78. The van der Waals surface area contributed by atoms with Crippen LogP contribution in [0.4, 0.5) is 0 Å². The van der Waals surface area contributed by atoms with Crippen LogP contribution < -0.4 is 9.47 Å². The summed E-state index contributed by atoms with van der Waals surface area (Å²) in [5, 5.41) is 8.24. The molecule has 0 unspecified atom stereocenters. The molecule has 0 fully saturated rings. The van der Waals surface area contributed by atoms with Crippen molar-refractivity contribution in [3.05, 3.63) is 59.9 Å². The summed E-state index contributed by atoms with van der Waals surface area (Å²) >= 11 is 5.82. The molecule has 0 N–H and O–H groups in total. The average Bonchev–Trinajstić information content (AvgIpc) is 3.11. The van der Waals surface area contributed by atoms with Gasteiger partial charge in [0.25, 0.3) is 0 Å². The second-order valence-corrected chi connectivity index (χ2v) is 5.21. The fourth-order valence-corrected chi connectivity index (χ4v) is 2.11. The van der Waals surface area contributed by atoms with E-state index in [9.17, 15) is 0 Å². The van der Waals surface area contributed by atoms with Crippen LogP contribution in [0, 0.1) is 0 Å². The van der Waals surface area contributed by atoms with Crippen LogP contribution in [0.15, 0.2) is 59.3 Å².